The summed E-state index contributed by atoms with van der Waals surface area (Å²) in [7, 11) is 0. The smallest absolute Gasteiger partial charge is 0.136 e. The zero-order valence-corrected chi connectivity index (χ0v) is 9.26. The highest BCUT2D eigenvalue weighted by atomic mass is 16.3. The van der Waals surface area contributed by atoms with Crippen molar-refractivity contribution in [1.29, 1.82) is 0 Å². The van der Waals surface area contributed by atoms with Gasteiger partial charge in [-0.25, -0.2) is 0 Å². The molecule has 17 heavy (non-hydrogen) atoms. The van der Waals surface area contributed by atoms with Gasteiger partial charge in [0, 0.05) is 11.5 Å². The van der Waals surface area contributed by atoms with Gasteiger partial charge in [-0.2, -0.15) is 0 Å². The zero-order chi connectivity index (χ0) is 11.5. The molecule has 0 aliphatic rings. The van der Waals surface area contributed by atoms with Gasteiger partial charge in [0.1, 0.15) is 11.3 Å². The molecule has 0 unspecified atom stereocenters. The number of hydrogen-bond acceptors (Lipinski definition) is 1. The second-order valence-electron chi connectivity index (χ2n) is 3.83. The first-order chi connectivity index (χ1) is 8.42. The Labute approximate surface area is 100 Å². The number of rotatable bonds is 2. The predicted octanol–water partition coefficient (Wildman–Crippen LogP) is 4.40. The third-order valence-corrected chi connectivity index (χ3v) is 2.59. The standard InChI is InChI=1S/C16H11O/c1-2-6-13(7-3-1)10-11-15-12-14-8-4-5-9-16(14)17-15/h1-11H/b11-10-. The number of benzene rings is 2. The van der Waals surface area contributed by atoms with E-state index in [1.807, 2.05) is 54.6 Å². The van der Waals surface area contributed by atoms with E-state index in [1.54, 1.807) is 0 Å². The van der Waals surface area contributed by atoms with Gasteiger partial charge in [-0.15, -0.1) is 0 Å². The molecule has 0 atom stereocenters. The Bertz CT molecular complexity index is 614. The van der Waals surface area contributed by atoms with Crippen LogP contribution < -0.4 is 0 Å². The molecule has 1 aromatic heterocycles. The van der Waals surface area contributed by atoms with Crippen LogP contribution in [0.4, 0.5) is 0 Å². The molecule has 0 fully saturated rings. The van der Waals surface area contributed by atoms with Crippen molar-refractivity contribution in [3.05, 3.63) is 72.0 Å². The number of fused-ring (bicyclic) bond motifs is 1. The zero-order valence-electron chi connectivity index (χ0n) is 9.26. The second-order valence-corrected chi connectivity index (χ2v) is 3.83. The topological polar surface area (TPSA) is 13.1 Å². The van der Waals surface area contributed by atoms with E-state index >= 15 is 0 Å². The van der Waals surface area contributed by atoms with Gasteiger partial charge in [0.2, 0.25) is 0 Å². The molecule has 0 saturated heterocycles. The van der Waals surface area contributed by atoms with E-state index < -0.39 is 0 Å². The minimum absolute atomic E-state index is 0.759. The van der Waals surface area contributed by atoms with Crippen LogP contribution in [0.1, 0.15) is 11.3 Å². The molecule has 3 aromatic rings. The van der Waals surface area contributed by atoms with Gasteiger partial charge in [0.25, 0.3) is 0 Å². The molecule has 0 amide bonds. The Hall–Kier alpha value is -2.28. The van der Waals surface area contributed by atoms with Crippen LogP contribution in [-0.4, -0.2) is 0 Å². The van der Waals surface area contributed by atoms with Gasteiger partial charge in [-0.1, -0.05) is 54.6 Å². The third kappa shape index (κ3) is 2.13. The summed E-state index contributed by atoms with van der Waals surface area (Å²) in [6.45, 7) is 0. The summed E-state index contributed by atoms with van der Waals surface area (Å²) in [5.41, 5.74) is 2.03. The molecule has 0 aliphatic carbocycles. The first-order valence-electron chi connectivity index (χ1n) is 5.56. The summed E-state index contributed by atoms with van der Waals surface area (Å²) in [5, 5.41) is 1.01. The Kier molecular flexibility index (Phi) is 2.51. The molecule has 0 saturated carbocycles. The van der Waals surface area contributed by atoms with Crippen LogP contribution in [0.2, 0.25) is 0 Å². The van der Waals surface area contributed by atoms with E-state index in [1.165, 1.54) is 0 Å². The van der Waals surface area contributed by atoms with Crippen molar-refractivity contribution in [3.8, 4) is 0 Å². The molecule has 3 rings (SSSR count). The van der Waals surface area contributed by atoms with E-state index in [-0.39, 0.29) is 0 Å². The second kappa shape index (κ2) is 4.30. The van der Waals surface area contributed by atoms with Crippen LogP contribution in [0.25, 0.3) is 23.1 Å². The van der Waals surface area contributed by atoms with Crippen molar-refractivity contribution in [3.63, 3.8) is 0 Å². The maximum Gasteiger partial charge on any atom is 0.136 e. The van der Waals surface area contributed by atoms with Crippen molar-refractivity contribution in [2.45, 2.75) is 0 Å². The first-order valence-corrected chi connectivity index (χ1v) is 5.56. The summed E-state index contributed by atoms with van der Waals surface area (Å²) in [5.74, 6) is 0.759. The van der Waals surface area contributed by atoms with Crippen molar-refractivity contribution < 1.29 is 4.42 Å². The van der Waals surface area contributed by atoms with Gasteiger partial charge in [-0.3, -0.25) is 0 Å². The highest BCUT2D eigenvalue weighted by Crippen LogP contribution is 2.19. The maximum absolute atomic E-state index is 5.65. The summed E-state index contributed by atoms with van der Waals surface area (Å²) < 4.78 is 5.65. The summed E-state index contributed by atoms with van der Waals surface area (Å²) in [6, 6.07) is 21.3. The molecule has 1 heteroatoms. The van der Waals surface area contributed by atoms with Gasteiger partial charge in [0.15, 0.2) is 0 Å². The van der Waals surface area contributed by atoms with Crippen molar-refractivity contribution in [2.75, 3.05) is 0 Å². The Morgan fingerprint density at radius 1 is 0.824 bits per heavy atom. The fourth-order valence-electron chi connectivity index (χ4n) is 1.75. The molecule has 1 radical (unpaired) electrons. The van der Waals surface area contributed by atoms with E-state index in [2.05, 4.69) is 18.2 Å². The molecule has 0 bridgehead atoms. The van der Waals surface area contributed by atoms with Gasteiger partial charge >= 0.3 is 0 Å². The maximum atomic E-state index is 5.65. The normalized spacial score (nSPS) is 11.3. The van der Waals surface area contributed by atoms with E-state index in [0.717, 1.165) is 22.3 Å². The van der Waals surface area contributed by atoms with Crippen LogP contribution in [-0.2, 0) is 0 Å². The largest absolute Gasteiger partial charge is 0.456 e. The minimum Gasteiger partial charge on any atom is -0.456 e. The number of para-hydroxylation sites is 1. The van der Waals surface area contributed by atoms with Crippen molar-refractivity contribution in [1.82, 2.24) is 0 Å². The van der Waals surface area contributed by atoms with E-state index in [0.29, 0.717) is 0 Å². The lowest BCUT2D eigenvalue weighted by Gasteiger charge is -1.89. The number of furan rings is 1. The molecule has 1 heterocycles. The Morgan fingerprint density at radius 2 is 1.59 bits per heavy atom. The molecular weight excluding hydrogens is 208 g/mol. The average Bonchev–Trinajstić information content (AvgIpc) is 2.80. The average molecular weight is 219 g/mol. The van der Waals surface area contributed by atoms with Crippen LogP contribution in [0.3, 0.4) is 0 Å². The molecule has 0 spiro atoms. The highest BCUT2D eigenvalue weighted by Gasteiger charge is 1.99. The highest BCUT2D eigenvalue weighted by molar-refractivity contribution is 5.80. The van der Waals surface area contributed by atoms with Crippen molar-refractivity contribution in [2.24, 2.45) is 0 Å². The third-order valence-electron chi connectivity index (χ3n) is 2.59. The summed E-state index contributed by atoms with van der Waals surface area (Å²) >= 11 is 0. The van der Waals surface area contributed by atoms with Crippen LogP contribution in [0.15, 0.2) is 59.0 Å². The molecule has 0 N–H and O–H groups in total. The molecule has 1 nitrogen and oxygen atoms in total. The molecule has 81 valence electrons. The Balaban J connectivity index is 1.92. The minimum atomic E-state index is 0.759. The fourth-order valence-corrected chi connectivity index (χ4v) is 1.75. The molecule has 0 aliphatic heterocycles. The summed E-state index contributed by atoms with van der Waals surface area (Å²) in [6.07, 6.45) is 3.96. The predicted molar refractivity (Wildman–Crippen MR) is 70.4 cm³/mol. The fraction of sp³-hybridized carbons (Fsp3) is 0. The van der Waals surface area contributed by atoms with Crippen LogP contribution in [0.5, 0.6) is 0 Å². The van der Waals surface area contributed by atoms with Gasteiger partial charge in [-0.05, 0) is 17.7 Å². The monoisotopic (exact) mass is 219 g/mol. The Morgan fingerprint density at radius 3 is 2.41 bits per heavy atom. The quantitative estimate of drug-likeness (QED) is 0.622. The molecular formula is C16H11O. The van der Waals surface area contributed by atoms with E-state index in [9.17, 15) is 0 Å². The van der Waals surface area contributed by atoms with Gasteiger partial charge < -0.3 is 4.42 Å². The molecule has 2 aromatic carbocycles. The van der Waals surface area contributed by atoms with Gasteiger partial charge in [0.05, 0.1) is 0 Å². The van der Waals surface area contributed by atoms with Crippen LogP contribution in [0, 0.1) is 6.07 Å². The lowest BCUT2D eigenvalue weighted by molar-refractivity contribution is 0.604. The summed E-state index contributed by atoms with van der Waals surface area (Å²) in [4.78, 5) is 0. The van der Waals surface area contributed by atoms with E-state index in [4.69, 9.17) is 4.42 Å². The lowest BCUT2D eigenvalue weighted by atomic mass is 10.2. The number of hydrogen-bond donors (Lipinski definition) is 0. The lowest BCUT2D eigenvalue weighted by Crippen LogP contribution is -1.68. The van der Waals surface area contributed by atoms with Crippen molar-refractivity contribution >= 4 is 23.1 Å². The van der Waals surface area contributed by atoms with Crippen LogP contribution >= 0.6 is 0 Å². The SMILES string of the molecule is [c]1c(/C=C\c2ccccc2)oc2ccccc12. The first kappa shape index (κ1) is 9.91.